The Morgan fingerprint density at radius 3 is 2.41 bits per heavy atom. The SMILES string of the molecule is CNC(=O)CCC(=O)CC1C(OP(=O)(O)OCCCCCCBr)C2OC1C1C(=O)N(C)C(=O)C21. The molecule has 3 fully saturated rings. The van der Waals surface area contributed by atoms with E-state index < -0.39 is 55.7 Å². The normalized spacial score (nSPS) is 31.6. The maximum Gasteiger partial charge on any atom is 0.472 e. The first-order valence-corrected chi connectivity index (χ1v) is 14.1. The molecule has 3 rings (SSSR count). The standard InChI is InChI=1S/C21H32BrN2O9P/c1-23-14(26)8-7-12(25)11-13-17-15-16(21(28)24(2)20(15)27)19(32-17)18(13)33-34(29,30)31-10-6-4-3-5-9-22/h13,15-19H,3-11H2,1-2H3,(H,23,26)(H,29,30). The molecule has 0 aromatic heterocycles. The van der Waals surface area contributed by atoms with Crippen molar-refractivity contribution < 1.29 is 42.4 Å². The van der Waals surface area contributed by atoms with Gasteiger partial charge in [-0.15, -0.1) is 0 Å². The number of hydrogen-bond acceptors (Lipinski definition) is 8. The van der Waals surface area contributed by atoms with Crippen LogP contribution in [0, 0.1) is 17.8 Å². The molecule has 7 atom stereocenters. The molecule has 0 aromatic rings. The van der Waals surface area contributed by atoms with Gasteiger partial charge in [0.2, 0.25) is 17.7 Å². The summed E-state index contributed by atoms with van der Waals surface area (Å²) in [6, 6.07) is 0. The second-order valence-electron chi connectivity index (χ2n) is 8.91. The Balaban J connectivity index is 1.69. The summed E-state index contributed by atoms with van der Waals surface area (Å²) in [6.07, 6.45) is 0.440. The van der Waals surface area contributed by atoms with E-state index in [2.05, 4.69) is 21.2 Å². The number of carbonyl (C=O) groups excluding carboxylic acids is 4. The highest BCUT2D eigenvalue weighted by atomic mass is 79.9. The van der Waals surface area contributed by atoms with Crippen LogP contribution in [-0.2, 0) is 37.5 Å². The van der Waals surface area contributed by atoms with Crippen LogP contribution in [0.2, 0.25) is 0 Å². The fourth-order valence-corrected chi connectivity index (χ4v) is 6.41. The molecule has 2 bridgehead atoms. The average Bonchev–Trinajstić information content (AvgIpc) is 3.41. The topological polar surface area (TPSA) is 149 Å². The first kappa shape index (κ1) is 27.4. The number of imide groups is 1. The lowest BCUT2D eigenvalue weighted by Gasteiger charge is -2.32. The van der Waals surface area contributed by atoms with Gasteiger partial charge in [-0.05, 0) is 12.8 Å². The first-order chi connectivity index (χ1) is 16.1. The molecule has 0 aliphatic carbocycles. The van der Waals surface area contributed by atoms with Crippen molar-refractivity contribution in [2.24, 2.45) is 17.8 Å². The summed E-state index contributed by atoms with van der Waals surface area (Å²) in [6.45, 7) is 0.0275. The number of unbranched alkanes of at least 4 members (excludes halogenated alkanes) is 3. The Morgan fingerprint density at radius 2 is 1.76 bits per heavy atom. The fraction of sp³-hybridized carbons (Fsp3) is 0.810. The molecule has 3 aliphatic rings. The third-order valence-corrected chi connectivity index (χ3v) is 8.30. The zero-order valence-corrected chi connectivity index (χ0v) is 21.8. The molecule has 13 heteroatoms. The Morgan fingerprint density at radius 1 is 1.12 bits per heavy atom. The average molecular weight is 567 g/mol. The van der Waals surface area contributed by atoms with Crippen LogP contribution in [0.25, 0.3) is 0 Å². The van der Waals surface area contributed by atoms with Crippen molar-refractivity contribution in [1.29, 1.82) is 0 Å². The lowest BCUT2D eigenvalue weighted by atomic mass is 9.72. The van der Waals surface area contributed by atoms with E-state index in [0.717, 1.165) is 29.5 Å². The van der Waals surface area contributed by atoms with Crippen LogP contribution in [0.5, 0.6) is 0 Å². The summed E-state index contributed by atoms with van der Waals surface area (Å²) in [5, 5.41) is 3.34. The van der Waals surface area contributed by atoms with Crippen LogP contribution in [0.1, 0.15) is 44.9 Å². The van der Waals surface area contributed by atoms with Crippen molar-refractivity contribution >= 4 is 47.3 Å². The predicted molar refractivity (Wildman–Crippen MR) is 123 cm³/mol. The van der Waals surface area contributed by atoms with Gasteiger partial charge in [-0.25, -0.2) is 4.57 Å². The number of Topliss-reactive ketones (excluding diaryl/α,β-unsaturated/α-hetero) is 1. The highest BCUT2D eigenvalue weighted by molar-refractivity contribution is 9.09. The zero-order valence-electron chi connectivity index (χ0n) is 19.3. The number of likely N-dealkylation sites (tertiary alicyclic amines) is 1. The number of ether oxygens (including phenoxy) is 1. The number of phosphoric ester groups is 1. The minimum absolute atomic E-state index is 0.00538. The van der Waals surface area contributed by atoms with Gasteiger partial charge in [0.05, 0.1) is 30.7 Å². The van der Waals surface area contributed by atoms with E-state index in [-0.39, 0.29) is 37.6 Å². The van der Waals surface area contributed by atoms with Gasteiger partial charge in [-0.1, -0.05) is 28.8 Å². The number of hydrogen-bond donors (Lipinski definition) is 2. The summed E-state index contributed by atoms with van der Waals surface area (Å²) in [5.41, 5.74) is 0. The summed E-state index contributed by atoms with van der Waals surface area (Å²) >= 11 is 3.35. The summed E-state index contributed by atoms with van der Waals surface area (Å²) in [4.78, 5) is 60.7. The van der Waals surface area contributed by atoms with E-state index in [9.17, 15) is 28.6 Å². The molecule has 3 heterocycles. The van der Waals surface area contributed by atoms with Crippen LogP contribution in [0.4, 0.5) is 0 Å². The minimum atomic E-state index is -4.51. The molecular formula is C21H32BrN2O9P. The molecule has 34 heavy (non-hydrogen) atoms. The maximum absolute atomic E-state index is 12.7. The van der Waals surface area contributed by atoms with Crippen molar-refractivity contribution in [3.05, 3.63) is 0 Å². The van der Waals surface area contributed by atoms with Crippen LogP contribution >= 0.6 is 23.8 Å². The highest BCUT2D eigenvalue weighted by Crippen LogP contribution is 2.57. The van der Waals surface area contributed by atoms with Crippen LogP contribution in [0.3, 0.4) is 0 Å². The molecule has 7 unspecified atom stereocenters. The van der Waals surface area contributed by atoms with Crippen molar-refractivity contribution in [2.75, 3.05) is 26.0 Å². The van der Waals surface area contributed by atoms with E-state index in [1.54, 1.807) is 0 Å². The molecule has 0 saturated carbocycles. The molecule has 0 aromatic carbocycles. The van der Waals surface area contributed by atoms with Crippen LogP contribution < -0.4 is 5.32 Å². The van der Waals surface area contributed by atoms with Gasteiger partial charge in [0.1, 0.15) is 11.9 Å². The third kappa shape index (κ3) is 5.96. The Bertz CT molecular complexity index is 856. The largest absolute Gasteiger partial charge is 0.472 e. The number of ketones is 1. The van der Waals surface area contributed by atoms with E-state index in [1.807, 2.05) is 0 Å². The quantitative estimate of drug-likeness (QED) is 0.138. The number of amides is 3. The highest BCUT2D eigenvalue weighted by Gasteiger charge is 2.69. The van der Waals surface area contributed by atoms with Crippen molar-refractivity contribution in [3.8, 4) is 0 Å². The molecule has 2 N–H and O–H groups in total. The lowest BCUT2D eigenvalue weighted by Crippen LogP contribution is -2.46. The van der Waals surface area contributed by atoms with Gasteiger partial charge in [-0.2, -0.15) is 0 Å². The molecule has 192 valence electrons. The Hall–Kier alpha value is -1.17. The predicted octanol–water partition coefficient (Wildman–Crippen LogP) is 1.56. The van der Waals surface area contributed by atoms with Gasteiger partial charge < -0.3 is 14.9 Å². The van der Waals surface area contributed by atoms with E-state index in [0.29, 0.717) is 6.42 Å². The number of nitrogens with one attached hydrogen (secondary N) is 1. The Kier molecular flexibility index (Phi) is 9.44. The number of fused-ring (bicyclic) bond motifs is 5. The molecule has 11 nitrogen and oxygen atoms in total. The maximum atomic E-state index is 12.7. The molecule has 3 amide bonds. The fourth-order valence-electron chi connectivity index (χ4n) is 5.01. The second-order valence-corrected chi connectivity index (χ2v) is 11.1. The molecule has 0 spiro atoms. The lowest BCUT2D eigenvalue weighted by molar-refractivity contribution is -0.141. The number of phosphoric acid groups is 1. The molecular weight excluding hydrogens is 535 g/mol. The van der Waals surface area contributed by atoms with Crippen LogP contribution in [0.15, 0.2) is 0 Å². The van der Waals surface area contributed by atoms with Gasteiger partial charge in [0.15, 0.2) is 0 Å². The number of carbonyl (C=O) groups is 4. The monoisotopic (exact) mass is 566 g/mol. The molecule has 3 aliphatic heterocycles. The Labute approximate surface area is 207 Å². The van der Waals surface area contributed by atoms with Gasteiger partial charge in [0, 0.05) is 44.6 Å². The van der Waals surface area contributed by atoms with E-state index in [4.69, 9.17) is 13.8 Å². The molecule has 0 radical (unpaired) electrons. The third-order valence-electron chi connectivity index (χ3n) is 6.72. The number of nitrogens with zero attached hydrogens (tertiary/aromatic N) is 1. The van der Waals surface area contributed by atoms with Gasteiger partial charge in [0.25, 0.3) is 0 Å². The minimum Gasteiger partial charge on any atom is -0.370 e. The first-order valence-electron chi connectivity index (χ1n) is 11.5. The molecule has 3 saturated heterocycles. The number of alkyl halides is 1. The van der Waals surface area contributed by atoms with Crippen molar-refractivity contribution in [2.45, 2.75) is 63.3 Å². The number of halogens is 1. The van der Waals surface area contributed by atoms with Gasteiger partial charge in [-0.3, -0.25) is 33.1 Å². The zero-order chi connectivity index (χ0) is 25.0. The second kappa shape index (κ2) is 11.7. The van der Waals surface area contributed by atoms with E-state index >= 15 is 0 Å². The van der Waals surface area contributed by atoms with Crippen LogP contribution in [-0.4, -0.2) is 77.6 Å². The van der Waals surface area contributed by atoms with Crippen molar-refractivity contribution in [1.82, 2.24) is 10.2 Å². The van der Waals surface area contributed by atoms with E-state index in [1.165, 1.54) is 14.1 Å². The smallest absolute Gasteiger partial charge is 0.370 e. The number of rotatable bonds is 14. The summed E-state index contributed by atoms with van der Waals surface area (Å²) in [7, 11) is -1.65. The summed E-state index contributed by atoms with van der Waals surface area (Å²) < 4.78 is 29.2. The van der Waals surface area contributed by atoms with Crippen molar-refractivity contribution in [3.63, 3.8) is 0 Å². The summed E-state index contributed by atoms with van der Waals surface area (Å²) in [5.74, 6) is -3.67. The van der Waals surface area contributed by atoms with Gasteiger partial charge >= 0.3 is 7.82 Å².